The molecule has 33 heteroatoms. The third kappa shape index (κ3) is 8.12. The number of aromatic nitrogens is 12. The highest BCUT2D eigenvalue weighted by Crippen LogP contribution is 2.53. The lowest BCUT2D eigenvalue weighted by Gasteiger charge is -2.27. The summed E-state index contributed by atoms with van der Waals surface area (Å²) in [4.78, 5) is 59.5. The first-order valence-corrected chi connectivity index (χ1v) is 23.6. The molecule has 9 rings (SSSR count). The summed E-state index contributed by atoms with van der Waals surface area (Å²) in [5.74, 6) is 0.148. The van der Waals surface area contributed by atoms with E-state index in [-0.39, 0.29) is 50.9 Å². The molecule has 0 bridgehead atoms. The molecule has 0 amide bonds. The Kier molecular flexibility index (Phi) is 11.9. The largest absolute Gasteiger partial charge is 0.394 e. The van der Waals surface area contributed by atoms with Crippen molar-refractivity contribution in [1.29, 1.82) is 0 Å². The number of aliphatic hydroxyl groups excluding tert-OH is 5. The Balaban J connectivity index is 0.913. The van der Waals surface area contributed by atoms with Gasteiger partial charge in [0, 0.05) is 0 Å². The van der Waals surface area contributed by atoms with E-state index in [1.54, 1.807) is 0 Å². The van der Waals surface area contributed by atoms with Gasteiger partial charge < -0.3 is 75.8 Å². The number of rotatable bonds is 14. The van der Waals surface area contributed by atoms with Gasteiger partial charge in [0.15, 0.2) is 53.1 Å². The van der Waals surface area contributed by atoms with Crippen LogP contribution in [0.1, 0.15) is 18.7 Å². The Morgan fingerprint density at radius 3 is 1.33 bits per heavy atom. The highest BCUT2D eigenvalue weighted by molar-refractivity contribution is 8.07. The Morgan fingerprint density at radius 1 is 0.540 bits per heavy atom. The quantitative estimate of drug-likeness (QED) is 0.0476. The van der Waals surface area contributed by atoms with E-state index >= 15 is 0 Å². The highest BCUT2D eigenvalue weighted by Gasteiger charge is 2.52. The first-order valence-electron chi connectivity index (χ1n) is 18.5. The molecule has 0 saturated carbocycles. The summed E-state index contributed by atoms with van der Waals surface area (Å²) in [6.07, 6.45) is -9.78. The molecular weight excluding hydrogens is 921 g/mol. The second-order valence-electron chi connectivity index (χ2n) is 14.3. The lowest BCUT2D eigenvalue weighted by Crippen LogP contribution is -2.37. The summed E-state index contributed by atoms with van der Waals surface area (Å²) < 4.78 is 44.8. The zero-order chi connectivity index (χ0) is 44.5. The first-order chi connectivity index (χ1) is 30.1. The van der Waals surface area contributed by atoms with Crippen LogP contribution in [0.3, 0.4) is 0 Å². The van der Waals surface area contributed by atoms with E-state index in [9.17, 15) is 35.3 Å². The van der Waals surface area contributed by atoms with Crippen LogP contribution in [0.5, 0.6) is 0 Å². The molecule has 0 aromatic carbocycles. The Hall–Kier alpha value is -4.21. The van der Waals surface area contributed by atoms with Gasteiger partial charge in [-0.3, -0.25) is 22.7 Å². The molecule has 9 heterocycles. The number of nitrogens with two attached hydrogens (primary N) is 3. The number of hydrogen-bond donors (Lipinski definition) is 10. The molecule has 13 N–H and O–H groups in total. The molecule has 14 atom stereocenters. The fourth-order valence-electron chi connectivity index (χ4n) is 7.37. The number of fused-ring (bicyclic) bond motifs is 3. The smallest absolute Gasteiger partial charge is 0.325 e. The van der Waals surface area contributed by atoms with E-state index < -0.39 is 107 Å². The van der Waals surface area contributed by atoms with E-state index in [0.717, 1.165) is 6.33 Å². The second kappa shape index (κ2) is 17.0. The van der Waals surface area contributed by atoms with Crippen molar-refractivity contribution in [2.75, 3.05) is 37.0 Å². The molecule has 3 aliphatic heterocycles. The van der Waals surface area contributed by atoms with Crippen molar-refractivity contribution < 1.29 is 67.6 Å². The van der Waals surface area contributed by atoms with Crippen LogP contribution in [-0.2, 0) is 55.9 Å². The molecule has 0 aliphatic carbocycles. The summed E-state index contributed by atoms with van der Waals surface area (Å²) in [6, 6.07) is 0. The molecule has 6 aromatic rings. The minimum absolute atomic E-state index is 0.0121. The van der Waals surface area contributed by atoms with Gasteiger partial charge in [0.1, 0.15) is 90.5 Å². The fraction of sp³-hybridized carbons (Fsp3) is 0.500. The number of anilines is 3. The van der Waals surface area contributed by atoms with Crippen LogP contribution in [0, 0.1) is 0 Å². The number of nitrogens with zero attached hydrogens (tertiary/aromatic N) is 12. The van der Waals surface area contributed by atoms with Gasteiger partial charge in [-0.25, -0.2) is 44.9 Å². The lowest BCUT2D eigenvalue weighted by atomic mass is 10.1. The van der Waals surface area contributed by atoms with Crippen molar-refractivity contribution in [3.63, 3.8) is 0 Å². The van der Waals surface area contributed by atoms with Crippen LogP contribution in [-0.4, -0.2) is 169 Å². The van der Waals surface area contributed by atoms with E-state index in [4.69, 9.17) is 73.1 Å². The van der Waals surface area contributed by atoms with Crippen LogP contribution >= 0.6 is 13.4 Å². The van der Waals surface area contributed by atoms with Crippen molar-refractivity contribution in [2.24, 2.45) is 0 Å². The van der Waals surface area contributed by atoms with Crippen molar-refractivity contribution in [3.8, 4) is 0 Å². The average Bonchev–Trinajstić information content (AvgIpc) is 4.11. The Labute approximate surface area is 361 Å². The predicted octanol–water partition coefficient (Wildman–Crippen LogP) is -3.38. The van der Waals surface area contributed by atoms with Gasteiger partial charge in [0.25, 0.3) is 0 Å². The normalized spacial score (nSPS) is 31.9. The molecule has 6 aromatic heterocycles. The van der Waals surface area contributed by atoms with Crippen molar-refractivity contribution in [3.05, 3.63) is 38.0 Å². The SMILES string of the molecule is Nc1ncnc2c1ncn2C1OC(COP(O)(=S)OC2C(O)C(COP(O)(=S)OC3C(O)C(CO)OC3n3cnc4c(N)ncnc43)OC2n2cnc3c(N)ncnc32)C(O)C1O. The van der Waals surface area contributed by atoms with Crippen LogP contribution in [0.25, 0.3) is 33.5 Å². The number of nitrogen functional groups attached to an aromatic ring is 3. The van der Waals surface area contributed by atoms with Crippen molar-refractivity contribution in [1.82, 2.24) is 58.6 Å². The van der Waals surface area contributed by atoms with Crippen LogP contribution in [0.15, 0.2) is 38.0 Å². The second-order valence-corrected chi connectivity index (χ2v) is 19.8. The summed E-state index contributed by atoms with van der Waals surface area (Å²) in [5.41, 5.74) is 18.9. The van der Waals surface area contributed by atoms with E-state index in [0.29, 0.717) is 0 Å². The van der Waals surface area contributed by atoms with Gasteiger partial charge in [-0.05, 0) is 23.6 Å². The summed E-state index contributed by atoms with van der Waals surface area (Å²) >= 11 is 10.7. The summed E-state index contributed by atoms with van der Waals surface area (Å²) in [6.45, 7) is -10.8. The van der Waals surface area contributed by atoms with Gasteiger partial charge in [-0.2, -0.15) is 0 Å². The van der Waals surface area contributed by atoms with Crippen molar-refractivity contribution in [2.45, 2.75) is 73.6 Å². The van der Waals surface area contributed by atoms with Gasteiger partial charge in [-0.1, -0.05) is 0 Å². The summed E-state index contributed by atoms with van der Waals surface area (Å²) in [5, 5.41) is 54.5. The number of hydrogen-bond acceptors (Lipinski definition) is 26. The molecule has 3 fully saturated rings. The molecule has 338 valence electrons. The molecule has 14 unspecified atom stereocenters. The Morgan fingerprint density at radius 2 is 0.905 bits per heavy atom. The maximum Gasteiger partial charge on any atom is 0.325 e. The zero-order valence-electron chi connectivity index (χ0n) is 31.8. The molecule has 3 aliphatic rings. The Bertz CT molecular complexity index is 2750. The predicted molar refractivity (Wildman–Crippen MR) is 217 cm³/mol. The van der Waals surface area contributed by atoms with Gasteiger partial charge in [-0.15, -0.1) is 0 Å². The zero-order valence-corrected chi connectivity index (χ0v) is 35.2. The van der Waals surface area contributed by atoms with E-state index in [1.165, 1.54) is 45.3 Å². The van der Waals surface area contributed by atoms with Crippen LogP contribution in [0.4, 0.5) is 17.5 Å². The van der Waals surface area contributed by atoms with E-state index in [2.05, 4.69) is 44.9 Å². The minimum Gasteiger partial charge on any atom is -0.394 e. The number of aliphatic hydroxyl groups is 5. The topological polar surface area (TPSA) is 415 Å². The fourth-order valence-corrected chi connectivity index (χ4v) is 10.2. The van der Waals surface area contributed by atoms with E-state index in [1.807, 2.05) is 0 Å². The molecule has 63 heavy (non-hydrogen) atoms. The number of ether oxygens (including phenoxy) is 3. The van der Waals surface area contributed by atoms with Crippen LogP contribution in [0.2, 0.25) is 0 Å². The maximum atomic E-state index is 11.7. The summed E-state index contributed by atoms with van der Waals surface area (Å²) in [7, 11) is 0. The maximum absolute atomic E-state index is 11.7. The third-order valence-corrected chi connectivity index (χ3v) is 13.6. The molecule has 0 radical (unpaired) electrons. The average molecular weight is 958 g/mol. The van der Waals surface area contributed by atoms with Crippen molar-refractivity contribution >= 4 is 88.0 Å². The molecular formula is C30H37N15O14P2S2. The third-order valence-electron chi connectivity index (χ3n) is 10.4. The standard InChI is InChI=1S/C30H37N15O14P2S2/c31-22-13-25(37-4-34-22)43(7-40-13)28-19(50)16(47)11(56-28)2-53-60(51,62)59-21-18(49)12(57-30(21)45-9-42-15-24(33)36-6-39-27(15)45)3-54-61(52,63)58-20-17(48)10(1-46)55-29(20)44-8-41-14-23(32)35-5-38-26(14)44/h4-12,16-21,28-30,46-50H,1-3H2,(H,51,62)(H,52,63)(H2,31,34,37)(H2,32,35,38)(H2,33,36,39). The van der Waals surface area contributed by atoms with Gasteiger partial charge >= 0.3 is 13.4 Å². The molecule has 3 saturated heterocycles. The highest BCUT2D eigenvalue weighted by atomic mass is 32.5. The molecule has 29 nitrogen and oxygen atoms in total. The molecule has 0 spiro atoms. The monoisotopic (exact) mass is 957 g/mol. The first kappa shape index (κ1) is 44.0. The number of imidazole rings is 3. The lowest BCUT2D eigenvalue weighted by molar-refractivity contribution is -0.0591. The van der Waals surface area contributed by atoms with Crippen LogP contribution < -0.4 is 17.2 Å². The minimum atomic E-state index is -4.42. The van der Waals surface area contributed by atoms with Gasteiger partial charge in [0.05, 0.1) is 38.8 Å². The van der Waals surface area contributed by atoms with Gasteiger partial charge in [0.2, 0.25) is 0 Å².